The summed E-state index contributed by atoms with van der Waals surface area (Å²) in [5.41, 5.74) is 1.47. The highest BCUT2D eigenvalue weighted by Gasteiger charge is 2.19. The van der Waals surface area contributed by atoms with Crippen LogP contribution < -0.4 is 10.1 Å². The Morgan fingerprint density at radius 3 is 2.69 bits per heavy atom. The zero-order chi connectivity index (χ0) is 11.4. The number of rotatable bonds is 3. The molecule has 2 rings (SSSR count). The Kier molecular flexibility index (Phi) is 4.13. The summed E-state index contributed by atoms with van der Waals surface area (Å²) in [5.74, 6) is 1.71. The molecule has 1 N–H and O–H groups in total. The molecular weight excluding hydrogens is 218 g/mol. The predicted octanol–water partition coefficient (Wildman–Crippen LogP) is 2.88. The third-order valence-corrected chi connectivity index (χ3v) is 4.06. The van der Waals surface area contributed by atoms with E-state index < -0.39 is 0 Å². The van der Waals surface area contributed by atoms with Gasteiger partial charge in [0.25, 0.3) is 0 Å². The Bertz CT molecular complexity index is 348. The zero-order valence-corrected chi connectivity index (χ0v) is 10.8. The molecule has 1 heterocycles. The molecule has 1 aromatic carbocycles. The van der Waals surface area contributed by atoms with Crippen molar-refractivity contribution in [3.05, 3.63) is 23.8 Å². The number of ether oxygens (including phenoxy) is 1. The minimum Gasteiger partial charge on any atom is -0.496 e. The van der Waals surface area contributed by atoms with Gasteiger partial charge in [-0.2, -0.15) is 0 Å². The Balaban J connectivity index is 2.30. The van der Waals surface area contributed by atoms with E-state index in [1.54, 1.807) is 18.9 Å². The van der Waals surface area contributed by atoms with Crippen molar-refractivity contribution in [1.29, 1.82) is 0 Å². The van der Waals surface area contributed by atoms with E-state index in [-0.39, 0.29) is 0 Å². The first-order valence-corrected chi connectivity index (χ1v) is 7.01. The molecule has 0 aliphatic carbocycles. The minimum atomic E-state index is 0.693. The van der Waals surface area contributed by atoms with E-state index in [2.05, 4.69) is 29.8 Å². The van der Waals surface area contributed by atoms with E-state index >= 15 is 0 Å². The second kappa shape index (κ2) is 5.60. The van der Waals surface area contributed by atoms with Crippen LogP contribution in [0.2, 0.25) is 0 Å². The quantitative estimate of drug-likeness (QED) is 0.817. The average molecular weight is 237 g/mol. The van der Waals surface area contributed by atoms with Gasteiger partial charge < -0.3 is 10.1 Å². The monoisotopic (exact) mass is 237 g/mol. The summed E-state index contributed by atoms with van der Waals surface area (Å²) in [6.07, 6.45) is 4.60. The highest BCUT2D eigenvalue weighted by atomic mass is 32.2. The number of methoxy groups -OCH3 is 1. The lowest BCUT2D eigenvalue weighted by Crippen LogP contribution is -2.26. The summed E-state index contributed by atoms with van der Waals surface area (Å²) in [6.45, 7) is 2.27. The smallest absolute Gasteiger partial charge is 0.132 e. The fourth-order valence-corrected chi connectivity index (χ4v) is 3.19. The first kappa shape index (κ1) is 11.8. The van der Waals surface area contributed by atoms with Crippen molar-refractivity contribution in [3.8, 4) is 5.75 Å². The lowest BCUT2D eigenvalue weighted by Gasteiger charge is -2.25. The summed E-state index contributed by atoms with van der Waals surface area (Å²) in [6, 6.07) is 6.41. The van der Waals surface area contributed by atoms with Crippen LogP contribution in [-0.2, 0) is 0 Å². The molecule has 1 fully saturated rings. The van der Waals surface area contributed by atoms with Crippen molar-refractivity contribution < 1.29 is 4.74 Å². The third-order valence-electron chi connectivity index (χ3n) is 3.21. The van der Waals surface area contributed by atoms with Crippen LogP contribution in [0.5, 0.6) is 5.75 Å². The molecule has 1 saturated heterocycles. The fraction of sp³-hybridized carbons (Fsp3) is 0.538. The summed E-state index contributed by atoms with van der Waals surface area (Å²) >= 11 is 1.79. The Morgan fingerprint density at radius 2 is 2.06 bits per heavy atom. The topological polar surface area (TPSA) is 21.3 Å². The van der Waals surface area contributed by atoms with Gasteiger partial charge in [0.1, 0.15) is 5.75 Å². The molecule has 0 unspecified atom stereocenters. The molecule has 16 heavy (non-hydrogen) atoms. The number of piperidine rings is 1. The van der Waals surface area contributed by atoms with Crippen molar-refractivity contribution in [2.75, 3.05) is 26.5 Å². The molecular formula is C13H19NOS. The van der Waals surface area contributed by atoms with E-state index in [1.165, 1.54) is 23.3 Å². The maximum atomic E-state index is 5.43. The average Bonchev–Trinajstić information content (AvgIpc) is 2.38. The molecule has 3 heteroatoms. The molecule has 2 nitrogen and oxygen atoms in total. The number of nitrogens with one attached hydrogen (secondary N) is 1. The van der Waals surface area contributed by atoms with Crippen molar-refractivity contribution in [2.45, 2.75) is 23.7 Å². The van der Waals surface area contributed by atoms with Crippen LogP contribution >= 0.6 is 11.8 Å². The van der Waals surface area contributed by atoms with Gasteiger partial charge in [-0.25, -0.2) is 0 Å². The van der Waals surface area contributed by atoms with Crippen LogP contribution in [0.15, 0.2) is 23.1 Å². The minimum absolute atomic E-state index is 0.693. The van der Waals surface area contributed by atoms with Gasteiger partial charge in [-0.05, 0) is 49.7 Å². The summed E-state index contributed by atoms with van der Waals surface area (Å²) < 4.78 is 5.43. The molecule has 0 amide bonds. The van der Waals surface area contributed by atoms with Crippen molar-refractivity contribution >= 4 is 11.8 Å². The van der Waals surface area contributed by atoms with E-state index in [0.717, 1.165) is 18.8 Å². The number of hydrogen-bond donors (Lipinski definition) is 1. The van der Waals surface area contributed by atoms with Gasteiger partial charge in [0.05, 0.1) is 12.0 Å². The lowest BCUT2D eigenvalue weighted by atomic mass is 9.90. The molecule has 0 bridgehead atoms. The summed E-state index contributed by atoms with van der Waals surface area (Å²) in [4.78, 5) is 1.32. The SMILES string of the molecule is COc1cccc(C2CCNCC2)c1SC. The van der Waals surface area contributed by atoms with Gasteiger partial charge in [-0.3, -0.25) is 0 Å². The molecule has 88 valence electrons. The van der Waals surface area contributed by atoms with E-state index in [1.807, 2.05) is 0 Å². The van der Waals surface area contributed by atoms with Crippen LogP contribution in [0.25, 0.3) is 0 Å². The van der Waals surface area contributed by atoms with E-state index in [9.17, 15) is 0 Å². The molecule has 1 aromatic rings. The van der Waals surface area contributed by atoms with Gasteiger partial charge >= 0.3 is 0 Å². The molecule has 1 aliphatic heterocycles. The van der Waals surface area contributed by atoms with Gasteiger partial charge in [-0.15, -0.1) is 11.8 Å². The van der Waals surface area contributed by atoms with Crippen LogP contribution in [0.3, 0.4) is 0 Å². The molecule has 1 aliphatic rings. The van der Waals surface area contributed by atoms with Crippen LogP contribution in [0.1, 0.15) is 24.3 Å². The summed E-state index contributed by atoms with van der Waals surface area (Å²) in [7, 11) is 1.75. The first-order chi connectivity index (χ1) is 7.86. The van der Waals surface area contributed by atoms with E-state index in [4.69, 9.17) is 4.74 Å². The first-order valence-electron chi connectivity index (χ1n) is 5.78. The van der Waals surface area contributed by atoms with Crippen LogP contribution in [0, 0.1) is 0 Å². The molecule has 0 spiro atoms. The van der Waals surface area contributed by atoms with Gasteiger partial charge in [-0.1, -0.05) is 12.1 Å². The Labute approximate surface area is 102 Å². The maximum Gasteiger partial charge on any atom is 0.132 e. The largest absolute Gasteiger partial charge is 0.496 e. The second-order valence-corrected chi connectivity index (χ2v) is 4.92. The second-order valence-electron chi connectivity index (χ2n) is 4.11. The lowest BCUT2D eigenvalue weighted by molar-refractivity contribution is 0.398. The van der Waals surface area contributed by atoms with Crippen molar-refractivity contribution in [1.82, 2.24) is 5.32 Å². The van der Waals surface area contributed by atoms with Crippen molar-refractivity contribution in [2.24, 2.45) is 0 Å². The standard InChI is InChI=1S/C13H19NOS/c1-15-12-5-3-4-11(13(12)16-2)10-6-8-14-9-7-10/h3-5,10,14H,6-9H2,1-2H3. The zero-order valence-electron chi connectivity index (χ0n) is 9.95. The highest BCUT2D eigenvalue weighted by molar-refractivity contribution is 7.98. The maximum absolute atomic E-state index is 5.43. The predicted molar refractivity (Wildman–Crippen MR) is 69.6 cm³/mol. The molecule has 0 radical (unpaired) electrons. The number of benzene rings is 1. The Hall–Kier alpha value is -0.670. The van der Waals surface area contributed by atoms with Crippen molar-refractivity contribution in [3.63, 3.8) is 0 Å². The molecule has 0 atom stereocenters. The fourth-order valence-electron chi connectivity index (χ4n) is 2.37. The normalized spacial score (nSPS) is 17.4. The highest BCUT2D eigenvalue weighted by Crippen LogP contribution is 2.38. The van der Waals surface area contributed by atoms with Crippen LogP contribution in [0.4, 0.5) is 0 Å². The summed E-state index contributed by atoms with van der Waals surface area (Å²) in [5, 5.41) is 3.41. The number of thioether (sulfide) groups is 1. The van der Waals surface area contributed by atoms with Gasteiger partial charge in [0.2, 0.25) is 0 Å². The number of hydrogen-bond acceptors (Lipinski definition) is 3. The van der Waals surface area contributed by atoms with Crippen LogP contribution in [-0.4, -0.2) is 26.5 Å². The molecule has 0 aromatic heterocycles. The molecule has 0 saturated carbocycles. The Morgan fingerprint density at radius 1 is 1.31 bits per heavy atom. The van der Waals surface area contributed by atoms with E-state index in [0.29, 0.717) is 5.92 Å². The van der Waals surface area contributed by atoms with Gasteiger partial charge in [0, 0.05) is 0 Å². The third kappa shape index (κ3) is 2.36. The van der Waals surface area contributed by atoms with Gasteiger partial charge in [0.15, 0.2) is 0 Å².